The van der Waals surface area contributed by atoms with Gasteiger partial charge in [0.05, 0.1) is 18.3 Å². The van der Waals surface area contributed by atoms with E-state index < -0.39 is 34.1 Å². The van der Waals surface area contributed by atoms with E-state index in [0.717, 1.165) is 6.26 Å². The SMILES string of the molecule is CC(=O)c1nn(CC(=O)N2C[C@H](F)C[C@H]2C(=O)Nc2cccc(Br)n2)c2ccc(-c3cnc(NS(C)(=O)=O)nc3)cc12. The molecule has 2 amide bonds. The number of aromatic nitrogens is 5. The summed E-state index contributed by atoms with van der Waals surface area (Å²) in [5.74, 6) is -1.26. The van der Waals surface area contributed by atoms with Crippen molar-refractivity contribution in [1.82, 2.24) is 29.6 Å². The summed E-state index contributed by atoms with van der Waals surface area (Å²) in [4.78, 5) is 52.1. The maximum Gasteiger partial charge on any atom is 0.248 e. The number of fused-ring (bicyclic) bond motifs is 1. The first-order valence-corrected chi connectivity index (χ1v) is 15.2. The average molecular weight is 659 g/mol. The third kappa shape index (κ3) is 6.44. The number of carbonyl (C=O) groups excluding carboxylic acids is 3. The number of halogens is 2. The van der Waals surface area contributed by atoms with Gasteiger partial charge in [0, 0.05) is 36.7 Å². The monoisotopic (exact) mass is 658 g/mol. The van der Waals surface area contributed by atoms with Crippen LogP contribution in [0.25, 0.3) is 22.0 Å². The molecule has 0 bridgehead atoms. The molecule has 1 aliphatic rings. The fourth-order valence-electron chi connectivity index (χ4n) is 4.65. The molecule has 5 rings (SSSR count). The van der Waals surface area contributed by atoms with Crippen LogP contribution in [0.2, 0.25) is 0 Å². The van der Waals surface area contributed by atoms with Crippen molar-refractivity contribution in [3.63, 3.8) is 0 Å². The zero-order valence-electron chi connectivity index (χ0n) is 22.3. The van der Waals surface area contributed by atoms with Crippen molar-refractivity contribution >= 4 is 66.2 Å². The molecule has 3 aromatic heterocycles. The van der Waals surface area contributed by atoms with Crippen LogP contribution in [0.3, 0.4) is 0 Å². The van der Waals surface area contributed by atoms with E-state index in [0.29, 0.717) is 26.6 Å². The number of ketones is 1. The molecule has 13 nitrogen and oxygen atoms in total. The number of hydrogen-bond acceptors (Lipinski definition) is 9. The summed E-state index contributed by atoms with van der Waals surface area (Å²) in [5.41, 5.74) is 1.77. The Morgan fingerprint density at radius 1 is 1.12 bits per heavy atom. The number of carbonyl (C=O) groups is 3. The van der Waals surface area contributed by atoms with Crippen molar-refractivity contribution in [2.45, 2.75) is 32.1 Å². The van der Waals surface area contributed by atoms with E-state index in [1.807, 2.05) is 0 Å². The largest absolute Gasteiger partial charge is 0.326 e. The number of sulfonamides is 1. The van der Waals surface area contributed by atoms with Gasteiger partial charge < -0.3 is 10.2 Å². The Hall–Kier alpha value is -4.31. The van der Waals surface area contributed by atoms with E-state index in [-0.39, 0.29) is 42.8 Å². The van der Waals surface area contributed by atoms with Crippen LogP contribution >= 0.6 is 15.9 Å². The Morgan fingerprint density at radius 3 is 2.52 bits per heavy atom. The number of Topliss-reactive ketones (excluding diaryl/α,β-unsaturated/α-hetero) is 1. The number of hydrogen-bond donors (Lipinski definition) is 2. The van der Waals surface area contributed by atoms with Crippen molar-refractivity contribution < 1.29 is 27.2 Å². The summed E-state index contributed by atoms with van der Waals surface area (Å²) >= 11 is 3.23. The van der Waals surface area contributed by atoms with Crippen LogP contribution in [-0.2, 0) is 26.2 Å². The van der Waals surface area contributed by atoms with Gasteiger partial charge in [-0.15, -0.1) is 0 Å². The highest BCUT2D eigenvalue weighted by atomic mass is 79.9. The van der Waals surface area contributed by atoms with E-state index in [2.05, 4.69) is 46.0 Å². The fraction of sp³-hybridized carbons (Fsp3) is 0.269. The molecule has 1 aliphatic heterocycles. The third-order valence-electron chi connectivity index (χ3n) is 6.47. The van der Waals surface area contributed by atoms with E-state index >= 15 is 0 Å². The lowest BCUT2D eigenvalue weighted by molar-refractivity contribution is -0.137. The summed E-state index contributed by atoms with van der Waals surface area (Å²) in [5, 5.41) is 7.45. The summed E-state index contributed by atoms with van der Waals surface area (Å²) < 4.78 is 41.3. The number of amides is 2. The highest BCUT2D eigenvalue weighted by Crippen LogP contribution is 2.28. The number of nitrogens with one attached hydrogen (secondary N) is 2. The van der Waals surface area contributed by atoms with Crippen LogP contribution in [-0.4, -0.2) is 80.7 Å². The van der Waals surface area contributed by atoms with Gasteiger partial charge >= 0.3 is 0 Å². The molecule has 16 heteroatoms. The van der Waals surface area contributed by atoms with Crippen molar-refractivity contribution in [2.24, 2.45) is 0 Å². The molecule has 0 saturated carbocycles. The van der Waals surface area contributed by atoms with Gasteiger partial charge in [-0.25, -0.2) is 27.8 Å². The second kappa shape index (κ2) is 11.5. The Bertz CT molecular complexity index is 1820. The molecule has 1 saturated heterocycles. The van der Waals surface area contributed by atoms with Crippen LogP contribution in [0, 0.1) is 0 Å². The molecule has 0 spiro atoms. The predicted molar refractivity (Wildman–Crippen MR) is 155 cm³/mol. The first-order chi connectivity index (χ1) is 19.9. The lowest BCUT2D eigenvalue weighted by atomic mass is 10.0. The molecule has 0 unspecified atom stereocenters. The summed E-state index contributed by atoms with van der Waals surface area (Å²) in [6, 6.07) is 8.98. The number of rotatable bonds is 8. The number of nitrogens with zero attached hydrogens (tertiary/aromatic N) is 6. The Morgan fingerprint density at radius 2 is 1.86 bits per heavy atom. The highest BCUT2D eigenvalue weighted by Gasteiger charge is 2.40. The molecular weight excluding hydrogens is 635 g/mol. The van der Waals surface area contributed by atoms with Gasteiger partial charge in [0.1, 0.15) is 34.9 Å². The first-order valence-electron chi connectivity index (χ1n) is 12.6. The number of alkyl halides is 1. The Balaban J connectivity index is 1.39. The average Bonchev–Trinajstić information content (AvgIpc) is 3.49. The second-order valence-corrected chi connectivity index (χ2v) is 12.3. The minimum absolute atomic E-state index is 0.0876. The van der Waals surface area contributed by atoms with E-state index in [1.54, 1.807) is 36.4 Å². The van der Waals surface area contributed by atoms with Crippen LogP contribution in [0.5, 0.6) is 0 Å². The summed E-state index contributed by atoms with van der Waals surface area (Å²) in [6.07, 6.45) is 2.30. The molecule has 4 aromatic rings. The van der Waals surface area contributed by atoms with Gasteiger partial charge in [-0.1, -0.05) is 12.1 Å². The molecule has 1 aromatic carbocycles. The number of benzene rings is 1. The van der Waals surface area contributed by atoms with Gasteiger partial charge in [0.15, 0.2) is 5.78 Å². The fourth-order valence-corrected chi connectivity index (χ4v) is 5.43. The zero-order chi connectivity index (χ0) is 30.2. The van der Waals surface area contributed by atoms with Crippen LogP contribution in [0.1, 0.15) is 23.8 Å². The van der Waals surface area contributed by atoms with Gasteiger partial charge in [-0.3, -0.25) is 23.8 Å². The summed E-state index contributed by atoms with van der Waals surface area (Å²) in [6.45, 7) is 0.763. The van der Waals surface area contributed by atoms with Crippen molar-refractivity contribution in [3.05, 3.63) is 59.1 Å². The van der Waals surface area contributed by atoms with Gasteiger partial charge in [0.2, 0.25) is 27.8 Å². The molecule has 1 fully saturated rings. The van der Waals surface area contributed by atoms with E-state index in [1.165, 1.54) is 28.9 Å². The molecule has 0 radical (unpaired) electrons. The normalized spacial score (nSPS) is 16.9. The molecule has 0 aliphatic carbocycles. The number of anilines is 2. The molecule has 4 heterocycles. The Kier molecular flexibility index (Phi) is 8.01. The van der Waals surface area contributed by atoms with Crippen molar-refractivity contribution in [2.75, 3.05) is 22.8 Å². The quantitative estimate of drug-likeness (QED) is 0.213. The topological polar surface area (TPSA) is 169 Å². The second-order valence-electron chi connectivity index (χ2n) is 9.69. The number of pyridine rings is 1. The smallest absolute Gasteiger partial charge is 0.248 e. The standard InChI is InChI=1S/C26H24BrFN8O5S/c1-14(37)24-18-8-15(16-10-29-26(30-11-16)34-42(2,40)41)6-7-19(18)36(33-24)13-23(38)35-12-17(28)9-20(35)25(39)32-22-5-3-4-21(27)31-22/h3-8,10-11,17,20H,9,12-13H2,1-2H3,(H,29,30,34)(H,31,32,39)/t17-,20+/m1/s1. The van der Waals surface area contributed by atoms with Crippen molar-refractivity contribution in [1.29, 1.82) is 0 Å². The summed E-state index contributed by atoms with van der Waals surface area (Å²) in [7, 11) is -3.54. The molecule has 2 atom stereocenters. The van der Waals surface area contributed by atoms with E-state index in [4.69, 9.17) is 0 Å². The molecule has 2 N–H and O–H groups in total. The predicted octanol–water partition coefficient (Wildman–Crippen LogP) is 2.80. The number of likely N-dealkylation sites (tertiary alicyclic amines) is 1. The van der Waals surface area contributed by atoms with Gasteiger partial charge in [-0.05, 0) is 45.8 Å². The minimum atomic E-state index is -3.54. The lowest BCUT2D eigenvalue weighted by Crippen LogP contribution is -2.44. The third-order valence-corrected chi connectivity index (χ3v) is 7.47. The first kappa shape index (κ1) is 29.2. The van der Waals surface area contributed by atoms with Gasteiger partial charge in [0.25, 0.3) is 0 Å². The molecule has 42 heavy (non-hydrogen) atoms. The minimum Gasteiger partial charge on any atom is -0.326 e. The maximum absolute atomic E-state index is 14.5. The molecular formula is C26H24BrFN8O5S. The zero-order valence-corrected chi connectivity index (χ0v) is 24.7. The maximum atomic E-state index is 14.5. The van der Waals surface area contributed by atoms with Crippen molar-refractivity contribution in [3.8, 4) is 11.1 Å². The van der Waals surface area contributed by atoms with Gasteiger partial charge in [-0.2, -0.15) is 5.10 Å². The molecule has 218 valence electrons. The lowest BCUT2D eigenvalue weighted by Gasteiger charge is -2.23. The van der Waals surface area contributed by atoms with Crippen LogP contribution in [0.4, 0.5) is 16.2 Å². The Labute approximate surface area is 247 Å². The van der Waals surface area contributed by atoms with Crippen LogP contribution in [0.15, 0.2) is 53.4 Å². The highest BCUT2D eigenvalue weighted by molar-refractivity contribution is 9.10. The van der Waals surface area contributed by atoms with Crippen LogP contribution < -0.4 is 10.0 Å². The van der Waals surface area contributed by atoms with E-state index in [9.17, 15) is 27.2 Å².